The molecule has 0 aliphatic rings. The van der Waals surface area contributed by atoms with Gasteiger partial charge in [0.15, 0.2) is 0 Å². The quantitative estimate of drug-likeness (QED) is 0.735. The Hall–Kier alpha value is -0.920. The number of carbonyl (C=O) groups is 2. The number of nitrogens with one attached hydrogen (secondary N) is 1. The molecule has 0 unspecified atom stereocenters. The third kappa shape index (κ3) is 9.17. The highest BCUT2D eigenvalue weighted by atomic mass is 32.2. The molecule has 0 aromatic carbocycles. The zero-order chi connectivity index (χ0) is 11.2. The van der Waals surface area contributed by atoms with Crippen molar-refractivity contribution in [3.8, 4) is 0 Å². The molecule has 0 aliphatic carbocycles. The summed E-state index contributed by atoms with van der Waals surface area (Å²) >= 11 is -0.459. The van der Waals surface area contributed by atoms with Gasteiger partial charge in [0.1, 0.15) is 0 Å². The average molecular weight is 231 g/mol. The maximum Gasteiger partial charge on any atom is 0.442 e. The van der Waals surface area contributed by atoms with E-state index >= 15 is 0 Å². The van der Waals surface area contributed by atoms with Crippen LogP contribution in [0.3, 0.4) is 0 Å². The molecule has 2 N–H and O–H groups in total. The van der Waals surface area contributed by atoms with Crippen LogP contribution in [-0.4, -0.2) is 34.8 Å². The first-order valence-corrected chi connectivity index (χ1v) is 4.49. The molecule has 0 saturated heterocycles. The van der Waals surface area contributed by atoms with Crippen LogP contribution in [0.1, 0.15) is 6.42 Å². The molecule has 0 rings (SSSR count). The molecule has 1 amide bonds. The average Bonchev–Trinajstić information content (AvgIpc) is 1.99. The number of carbonyl (C=O) groups excluding carboxylic acids is 1. The lowest BCUT2D eigenvalue weighted by atomic mass is 10.4. The minimum absolute atomic E-state index is 0.160. The Morgan fingerprint density at radius 3 is 2.36 bits per heavy atom. The smallest absolute Gasteiger partial charge is 0.442 e. The summed E-state index contributed by atoms with van der Waals surface area (Å²) in [6.45, 7) is -0.160. The van der Waals surface area contributed by atoms with E-state index < -0.39 is 34.9 Å². The van der Waals surface area contributed by atoms with Crippen molar-refractivity contribution < 1.29 is 27.9 Å². The molecule has 0 saturated carbocycles. The van der Waals surface area contributed by atoms with Crippen molar-refractivity contribution in [1.82, 2.24) is 5.32 Å². The van der Waals surface area contributed by atoms with Crippen molar-refractivity contribution in [3.63, 3.8) is 0 Å². The van der Waals surface area contributed by atoms with Gasteiger partial charge in [-0.2, -0.15) is 13.2 Å². The van der Waals surface area contributed by atoms with Crippen LogP contribution in [-0.2, 0) is 9.59 Å². The van der Waals surface area contributed by atoms with Crippen molar-refractivity contribution in [1.29, 1.82) is 0 Å². The largest absolute Gasteiger partial charge is 0.481 e. The second kappa shape index (κ2) is 5.74. The fourth-order valence-electron chi connectivity index (χ4n) is 0.507. The molecule has 82 valence electrons. The minimum Gasteiger partial charge on any atom is -0.481 e. The maximum absolute atomic E-state index is 11.6. The zero-order valence-corrected chi connectivity index (χ0v) is 7.74. The van der Waals surface area contributed by atoms with Crippen LogP contribution in [0.25, 0.3) is 0 Å². The molecule has 0 aromatic rings. The summed E-state index contributed by atoms with van der Waals surface area (Å²) in [6.07, 6.45) is -0.303. The van der Waals surface area contributed by atoms with Crippen LogP contribution in [0.2, 0.25) is 0 Å². The monoisotopic (exact) mass is 231 g/mol. The Kier molecular flexibility index (Phi) is 5.36. The van der Waals surface area contributed by atoms with Crippen LogP contribution in [0.5, 0.6) is 0 Å². The SMILES string of the molecule is O=C(O)CCNC(=O)CSC(F)(F)F. The molecule has 0 atom stereocenters. The summed E-state index contributed by atoms with van der Waals surface area (Å²) in [4.78, 5) is 20.6. The number of aliphatic carboxylic acids is 1. The second-order valence-electron chi connectivity index (χ2n) is 2.23. The van der Waals surface area contributed by atoms with Crippen LogP contribution < -0.4 is 5.32 Å². The lowest BCUT2D eigenvalue weighted by Crippen LogP contribution is -2.28. The lowest BCUT2D eigenvalue weighted by Gasteiger charge is -2.05. The predicted molar refractivity (Wildman–Crippen MR) is 43.8 cm³/mol. The van der Waals surface area contributed by atoms with Gasteiger partial charge < -0.3 is 10.4 Å². The van der Waals surface area contributed by atoms with Gasteiger partial charge in [-0.05, 0) is 11.8 Å². The van der Waals surface area contributed by atoms with Gasteiger partial charge in [-0.15, -0.1) is 0 Å². The van der Waals surface area contributed by atoms with Gasteiger partial charge in [-0.1, -0.05) is 0 Å². The van der Waals surface area contributed by atoms with Gasteiger partial charge in [0, 0.05) is 6.54 Å². The number of hydrogen-bond acceptors (Lipinski definition) is 3. The summed E-state index contributed by atoms with van der Waals surface area (Å²) in [7, 11) is 0. The van der Waals surface area contributed by atoms with Gasteiger partial charge in [-0.25, -0.2) is 0 Å². The number of thioether (sulfide) groups is 1. The zero-order valence-electron chi connectivity index (χ0n) is 6.93. The normalized spacial score (nSPS) is 11.1. The minimum atomic E-state index is -4.44. The van der Waals surface area contributed by atoms with Crippen LogP contribution in [0.4, 0.5) is 13.2 Å². The van der Waals surface area contributed by atoms with Gasteiger partial charge in [0.2, 0.25) is 5.91 Å². The van der Waals surface area contributed by atoms with Gasteiger partial charge >= 0.3 is 11.5 Å². The number of carboxylic acids is 1. The third-order valence-electron chi connectivity index (χ3n) is 1.03. The third-order valence-corrected chi connectivity index (χ3v) is 1.76. The van der Waals surface area contributed by atoms with Gasteiger partial charge in [-0.3, -0.25) is 9.59 Å². The van der Waals surface area contributed by atoms with Crippen molar-refractivity contribution in [2.24, 2.45) is 0 Å². The maximum atomic E-state index is 11.6. The van der Waals surface area contributed by atoms with E-state index in [0.29, 0.717) is 0 Å². The molecule has 0 spiro atoms. The molecule has 0 radical (unpaired) electrons. The standard InChI is InChI=1S/C6H8F3NO3S/c7-6(8,9)14-3-4(11)10-2-1-5(12)13/h1-3H2,(H,10,11)(H,12,13). The molecule has 8 heteroatoms. The number of alkyl halides is 3. The number of amides is 1. The molecule has 0 aliphatic heterocycles. The Morgan fingerprint density at radius 2 is 1.93 bits per heavy atom. The fraction of sp³-hybridized carbons (Fsp3) is 0.667. The summed E-state index contributed by atoms with van der Waals surface area (Å²) in [5, 5.41) is 10.2. The Balaban J connectivity index is 3.52. The summed E-state index contributed by atoms with van der Waals surface area (Å²) < 4.78 is 34.7. The van der Waals surface area contributed by atoms with E-state index in [4.69, 9.17) is 5.11 Å². The van der Waals surface area contributed by atoms with Gasteiger partial charge in [0.25, 0.3) is 0 Å². The topological polar surface area (TPSA) is 66.4 Å². The fourth-order valence-corrected chi connectivity index (χ4v) is 0.904. The van der Waals surface area contributed by atoms with Crippen molar-refractivity contribution in [2.45, 2.75) is 11.9 Å². The van der Waals surface area contributed by atoms with Crippen LogP contribution in [0.15, 0.2) is 0 Å². The Labute approximate surface area is 81.9 Å². The Morgan fingerprint density at radius 1 is 1.36 bits per heavy atom. The number of carboxylic acid groups (broad SMARTS) is 1. The molecule has 0 aromatic heterocycles. The molecule has 0 fully saturated rings. The Bertz CT molecular complexity index is 219. The predicted octanol–water partition coefficient (Wildman–Crippen LogP) is 0.830. The van der Waals surface area contributed by atoms with E-state index in [1.165, 1.54) is 0 Å². The van der Waals surface area contributed by atoms with E-state index in [1.54, 1.807) is 0 Å². The van der Waals surface area contributed by atoms with Crippen LogP contribution in [0, 0.1) is 0 Å². The second-order valence-corrected chi connectivity index (χ2v) is 3.27. The molecule has 14 heavy (non-hydrogen) atoms. The number of halogens is 3. The van der Waals surface area contributed by atoms with Gasteiger partial charge in [0.05, 0.1) is 12.2 Å². The lowest BCUT2D eigenvalue weighted by molar-refractivity contribution is -0.136. The first kappa shape index (κ1) is 13.1. The molecule has 0 heterocycles. The summed E-state index contributed by atoms with van der Waals surface area (Å²) in [5.74, 6) is -2.69. The van der Waals surface area contributed by atoms with E-state index in [2.05, 4.69) is 0 Å². The van der Waals surface area contributed by atoms with E-state index in [0.717, 1.165) is 0 Å². The molecule has 4 nitrogen and oxygen atoms in total. The van der Waals surface area contributed by atoms with Crippen molar-refractivity contribution in [3.05, 3.63) is 0 Å². The van der Waals surface area contributed by atoms with E-state index in [9.17, 15) is 22.8 Å². The summed E-state index contributed by atoms with van der Waals surface area (Å²) in [6, 6.07) is 0. The summed E-state index contributed by atoms with van der Waals surface area (Å²) in [5.41, 5.74) is -4.44. The van der Waals surface area contributed by atoms with E-state index in [-0.39, 0.29) is 13.0 Å². The van der Waals surface area contributed by atoms with E-state index in [1.807, 2.05) is 5.32 Å². The highest BCUT2D eigenvalue weighted by molar-refractivity contribution is 8.00. The highest BCUT2D eigenvalue weighted by Gasteiger charge is 2.29. The van der Waals surface area contributed by atoms with Crippen LogP contribution >= 0.6 is 11.8 Å². The molecular weight excluding hydrogens is 223 g/mol. The highest BCUT2D eigenvalue weighted by Crippen LogP contribution is 2.29. The molecular formula is C6H8F3NO3S. The number of hydrogen-bond donors (Lipinski definition) is 2. The van der Waals surface area contributed by atoms with Crippen molar-refractivity contribution >= 4 is 23.6 Å². The first-order valence-electron chi connectivity index (χ1n) is 3.50. The van der Waals surface area contributed by atoms with Crippen molar-refractivity contribution in [2.75, 3.05) is 12.3 Å². The first-order chi connectivity index (χ1) is 6.31. The number of rotatable bonds is 5. The molecule has 0 bridgehead atoms.